The second kappa shape index (κ2) is 5.95. The molecule has 2 aliphatic heterocycles. The van der Waals surface area contributed by atoms with E-state index in [2.05, 4.69) is 32.4 Å². The summed E-state index contributed by atoms with van der Waals surface area (Å²) < 4.78 is 5.33. The number of amides is 1. The fourth-order valence-electron chi connectivity index (χ4n) is 4.47. The van der Waals surface area contributed by atoms with Crippen LogP contribution in [0.3, 0.4) is 0 Å². The first-order valence-corrected chi connectivity index (χ1v) is 9.10. The number of carbonyl (C=O) groups is 1. The molecule has 7 nitrogen and oxygen atoms in total. The van der Waals surface area contributed by atoms with Gasteiger partial charge in [0.25, 0.3) is 5.91 Å². The Kier molecular flexibility index (Phi) is 3.56. The van der Waals surface area contributed by atoms with Gasteiger partial charge in [-0.1, -0.05) is 0 Å². The molecule has 2 aromatic heterocycles. The summed E-state index contributed by atoms with van der Waals surface area (Å²) in [6.45, 7) is 0. The van der Waals surface area contributed by atoms with Gasteiger partial charge in [0.2, 0.25) is 5.89 Å². The summed E-state index contributed by atoms with van der Waals surface area (Å²) in [5.41, 5.74) is 2.10. The molecule has 0 unspecified atom stereocenters. The third kappa shape index (κ3) is 2.50. The smallest absolute Gasteiger partial charge is 0.272 e. The van der Waals surface area contributed by atoms with Crippen LogP contribution in [0.15, 0.2) is 35.1 Å². The first-order chi connectivity index (χ1) is 12.7. The lowest BCUT2D eigenvalue weighted by Crippen LogP contribution is -2.48. The Bertz CT molecular complexity index is 934. The maximum absolute atomic E-state index is 12.8. The number of hydrogen-bond acceptors (Lipinski definition) is 5. The number of aromatic nitrogens is 3. The maximum Gasteiger partial charge on any atom is 0.272 e. The second-order valence-corrected chi connectivity index (χ2v) is 7.36. The van der Waals surface area contributed by atoms with E-state index < -0.39 is 0 Å². The Morgan fingerprint density at radius 1 is 1.31 bits per heavy atom. The van der Waals surface area contributed by atoms with Crippen molar-refractivity contribution in [1.82, 2.24) is 25.4 Å². The monoisotopic (exact) mass is 351 g/mol. The standard InChI is InChI=1S/C19H21N5O2/c1-24-13-3-4-14(24)10-12(9-13)21-18(25)17-15-5-2-11(8-16(15)22-23-17)19-20-6-7-26-19/h2,5-8,12-14H,3-4,9-10H2,1H3,(H,21,25)(H,22,23)/t12-,13-,14+. The largest absolute Gasteiger partial charge is 0.445 e. The highest BCUT2D eigenvalue weighted by molar-refractivity contribution is 6.05. The molecule has 3 aromatic rings. The number of fused-ring (bicyclic) bond motifs is 3. The minimum Gasteiger partial charge on any atom is -0.445 e. The Hall–Kier alpha value is -2.67. The third-order valence-electron chi connectivity index (χ3n) is 5.89. The Balaban J connectivity index is 1.36. The van der Waals surface area contributed by atoms with Crippen LogP contribution in [0.25, 0.3) is 22.4 Å². The van der Waals surface area contributed by atoms with E-state index in [1.54, 1.807) is 12.5 Å². The van der Waals surface area contributed by atoms with Gasteiger partial charge in [0.05, 0.1) is 11.7 Å². The van der Waals surface area contributed by atoms with E-state index in [4.69, 9.17) is 4.42 Å². The molecule has 2 saturated heterocycles. The molecule has 4 heterocycles. The van der Waals surface area contributed by atoms with Crippen LogP contribution in [0.1, 0.15) is 36.2 Å². The van der Waals surface area contributed by atoms with Crippen LogP contribution >= 0.6 is 0 Å². The van der Waals surface area contributed by atoms with Gasteiger partial charge < -0.3 is 14.6 Å². The molecule has 0 spiro atoms. The molecular formula is C19H21N5O2. The summed E-state index contributed by atoms with van der Waals surface area (Å²) >= 11 is 0. The van der Waals surface area contributed by atoms with Crippen LogP contribution in [0, 0.1) is 0 Å². The van der Waals surface area contributed by atoms with Gasteiger partial charge in [-0.3, -0.25) is 9.89 Å². The SMILES string of the molecule is CN1[C@@H]2CC[C@H]1C[C@H](NC(=O)c1n[nH]c3cc(-c4ncco4)ccc13)C2. The summed E-state index contributed by atoms with van der Waals surface area (Å²) in [7, 11) is 2.20. The van der Waals surface area contributed by atoms with Crippen molar-refractivity contribution >= 4 is 16.8 Å². The Labute approximate surface area is 150 Å². The van der Waals surface area contributed by atoms with Crippen LogP contribution in [0.5, 0.6) is 0 Å². The number of nitrogens with zero attached hydrogens (tertiary/aromatic N) is 3. The number of hydrogen-bond donors (Lipinski definition) is 2. The number of benzene rings is 1. The first kappa shape index (κ1) is 15.6. The van der Waals surface area contributed by atoms with E-state index >= 15 is 0 Å². The zero-order valence-corrected chi connectivity index (χ0v) is 14.6. The molecule has 0 radical (unpaired) electrons. The number of nitrogens with one attached hydrogen (secondary N) is 2. The highest BCUT2D eigenvalue weighted by Crippen LogP contribution is 2.34. The minimum absolute atomic E-state index is 0.103. The Morgan fingerprint density at radius 2 is 2.12 bits per heavy atom. The van der Waals surface area contributed by atoms with Gasteiger partial charge >= 0.3 is 0 Å². The van der Waals surface area contributed by atoms with Crippen molar-refractivity contribution in [2.75, 3.05) is 7.05 Å². The average molecular weight is 351 g/mol. The summed E-state index contributed by atoms with van der Waals surface area (Å²) in [5.74, 6) is 0.448. The highest BCUT2D eigenvalue weighted by Gasteiger charge is 2.39. The molecule has 2 bridgehead atoms. The van der Waals surface area contributed by atoms with Crippen molar-refractivity contribution in [3.63, 3.8) is 0 Å². The van der Waals surface area contributed by atoms with E-state index in [0.29, 0.717) is 23.7 Å². The predicted octanol–water partition coefficient (Wildman–Crippen LogP) is 2.57. The summed E-state index contributed by atoms with van der Waals surface area (Å²) in [5, 5.41) is 11.2. The second-order valence-electron chi connectivity index (χ2n) is 7.36. The topological polar surface area (TPSA) is 87.0 Å². The van der Waals surface area contributed by atoms with Crippen molar-refractivity contribution in [2.45, 2.75) is 43.8 Å². The van der Waals surface area contributed by atoms with Crippen molar-refractivity contribution in [3.8, 4) is 11.5 Å². The molecule has 1 aromatic carbocycles. The van der Waals surface area contributed by atoms with Crippen LogP contribution < -0.4 is 5.32 Å². The van der Waals surface area contributed by atoms with Gasteiger partial charge in [-0.2, -0.15) is 5.10 Å². The predicted molar refractivity (Wildman–Crippen MR) is 96.7 cm³/mol. The van der Waals surface area contributed by atoms with Crippen molar-refractivity contribution in [1.29, 1.82) is 0 Å². The van der Waals surface area contributed by atoms with E-state index in [-0.39, 0.29) is 11.9 Å². The van der Waals surface area contributed by atoms with Crippen molar-refractivity contribution < 1.29 is 9.21 Å². The van der Waals surface area contributed by atoms with E-state index in [1.165, 1.54) is 12.8 Å². The van der Waals surface area contributed by atoms with Crippen molar-refractivity contribution in [2.24, 2.45) is 0 Å². The summed E-state index contributed by atoms with van der Waals surface area (Å²) in [6.07, 6.45) is 7.68. The highest BCUT2D eigenvalue weighted by atomic mass is 16.3. The first-order valence-electron chi connectivity index (χ1n) is 9.10. The van der Waals surface area contributed by atoms with Gasteiger partial charge in [-0.05, 0) is 50.9 Å². The number of aromatic amines is 1. The normalized spacial score (nSPS) is 25.7. The molecule has 0 aliphatic carbocycles. The van der Waals surface area contributed by atoms with Gasteiger partial charge in [-0.15, -0.1) is 0 Å². The quantitative estimate of drug-likeness (QED) is 0.757. The molecule has 26 heavy (non-hydrogen) atoms. The van der Waals surface area contributed by atoms with Crippen LogP contribution in [-0.2, 0) is 0 Å². The number of oxazole rings is 1. The number of H-pyrrole nitrogens is 1. The van der Waals surface area contributed by atoms with E-state index in [1.807, 2.05) is 18.2 Å². The zero-order chi connectivity index (χ0) is 17.7. The number of carbonyl (C=O) groups excluding carboxylic acids is 1. The number of rotatable bonds is 3. The number of piperidine rings is 1. The molecular weight excluding hydrogens is 330 g/mol. The Morgan fingerprint density at radius 3 is 2.85 bits per heavy atom. The molecule has 1 amide bonds. The third-order valence-corrected chi connectivity index (χ3v) is 5.89. The van der Waals surface area contributed by atoms with Gasteiger partial charge in [0.1, 0.15) is 6.26 Å². The summed E-state index contributed by atoms with van der Waals surface area (Å²) in [6, 6.07) is 7.12. The average Bonchev–Trinajstić information content (AvgIpc) is 3.34. The molecule has 134 valence electrons. The van der Waals surface area contributed by atoms with Crippen LogP contribution in [0.2, 0.25) is 0 Å². The van der Waals surface area contributed by atoms with Gasteiger partial charge in [0, 0.05) is 29.1 Å². The minimum atomic E-state index is -0.103. The maximum atomic E-state index is 12.8. The lowest BCUT2D eigenvalue weighted by Gasteiger charge is -2.36. The fraction of sp³-hybridized carbons (Fsp3) is 0.421. The molecule has 5 rings (SSSR count). The molecule has 7 heteroatoms. The fourth-order valence-corrected chi connectivity index (χ4v) is 4.47. The van der Waals surface area contributed by atoms with Crippen LogP contribution in [0.4, 0.5) is 0 Å². The van der Waals surface area contributed by atoms with Crippen LogP contribution in [-0.4, -0.2) is 51.2 Å². The van der Waals surface area contributed by atoms with Crippen molar-refractivity contribution in [3.05, 3.63) is 36.4 Å². The lowest BCUT2D eigenvalue weighted by atomic mass is 9.98. The van der Waals surface area contributed by atoms with E-state index in [0.717, 1.165) is 29.3 Å². The molecule has 0 saturated carbocycles. The van der Waals surface area contributed by atoms with Gasteiger partial charge in [0.15, 0.2) is 5.69 Å². The molecule has 2 aliphatic rings. The summed E-state index contributed by atoms with van der Waals surface area (Å²) in [4.78, 5) is 19.4. The zero-order valence-electron chi connectivity index (χ0n) is 14.6. The lowest BCUT2D eigenvalue weighted by molar-refractivity contribution is 0.0879. The van der Waals surface area contributed by atoms with Gasteiger partial charge in [-0.25, -0.2) is 4.98 Å². The molecule has 2 fully saturated rings. The van der Waals surface area contributed by atoms with E-state index in [9.17, 15) is 4.79 Å². The molecule has 3 atom stereocenters. The molecule has 2 N–H and O–H groups in total.